The lowest BCUT2D eigenvalue weighted by atomic mass is 10.2. The zero-order valence-electron chi connectivity index (χ0n) is 11.2. The molecule has 1 N–H and O–H groups in total. The van der Waals surface area contributed by atoms with Crippen LogP contribution in [0.1, 0.15) is 50.5 Å². The summed E-state index contributed by atoms with van der Waals surface area (Å²) in [6, 6.07) is 0. The van der Waals surface area contributed by atoms with E-state index in [9.17, 15) is 0 Å². The van der Waals surface area contributed by atoms with Gasteiger partial charge in [-0.15, -0.1) is 0 Å². The highest BCUT2D eigenvalue weighted by Crippen LogP contribution is 2.42. The Bertz CT molecular complexity index is 421. The number of aromatic nitrogens is 2. The summed E-state index contributed by atoms with van der Waals surface area (Å²) in [5.41, 5.74) is 1.26. The first-order chi connectivity index (χ1) is 8.65. The molecule has 0 saturated heterocycles. The predicted octanol–water partition coefficient (Wildman–Crippen LogP) is 4.03. The van der Waals surface area contributed by atoms with E-state index in [0.29, 0.717) is 11.2 Å². The second kappa shape index (κ2) is 6.41. The van der Waals surface area contributed by atoms with E-state index in [0.717, 1.165) is 17.4 Å². The Balaban J connectivity index is 2.17. The molecular formula is C13H20IN3S. The second-order valence-electron chi connectivity index (χ2n) is 4.74. The Morgan fingerprint density at radius 2 is 2.17 bits per heavy atom. The maximum absolute atomic E-state index is 4.77. The second-order valence-corrected chi connectivity index (χ2v) is 7.25. The average Bonchev–Trinajstić information content (AvgIpc) is 3.21. The van der Waals surface area contributed by atoms with Gasteiger partial charge in [-0.05, 0) is 41.9 Å². The predicted molar refractivity (Wildman–Crippen MR) is 87.3 cm³/mol. The number of hydrogen-bond donors (Lipinski definition) is 1. The molecule has 0 aromatic carbocycles. The highest BCUT2D eigenvalue weighted by atomic mass is 127. The molecule has 1 aliphatic carbocycles. The Morgan fingerprint density at radius 1 is 1.44 bits per heavy atom. The minimum absolute atomic E-state index is 0.676. The molecule has 1 saturated carbocycles. The van der Waals surface area contributed by atoms with Crippen LogP contribution in [0.15, 0.2) is 0 Å². The van der Waals surface area contributed by atoms with Crippen molar-refractivity contribution in [3.8, 4) is 0 Å². The molecular weight excluding hydrogens is 357 g/mol. The van der Waals surface area contributed by atoms with Gasteiger partial charge in [0.15, 0.2) is 0 Å². The molecule has 1 heterocycles. The fourth-order valence-electron chi connectivity index (χ4n) is 1.70. The minimum atomic E-state index is 0.676. The van der Waals surface area contributed by atoms with Crippen LogP contribution in [0, 0.1) is 3.57 Å². The zero-order chi connectivity index (χ0) is 13.1. The van der Waals surface area contributed by atoms with E-state index in [2.05, 4.69) is 46.7 Å². The Labute approximate surface area is 127 Å². The maximum atomic E-state index is 4.77. The number of anilines is 1. The highest BCUT2D eigenvalue weighted by molar-refractivity contribution is 14.1. The first-order valence-electron chi connectivity index (χ1n) is 6.51. The third kappa shape index (κ3) is 3.50. The molecule has 1 aromatic heterocycles. The third-order valence-corrected chi connectivity index (χ3v) is 5.59. The molecule has 18 heavy (non-hydrogen) atoms. The van der Waals surface area contributed by atoms with Crippen LogP contribution in [0.5, 0.6) is 0 Å². The molecule has 0 bridgehead atoms. The summed E-state index contributed by atoms with van der Waals surface area (Å²) in [6.07, 6.45) is 3.77. The summed E-state index contributed by atoms with van der Waals surface area (Å²) in [5.74, 6) is 3.57. The van der Waals surface area contributed by atoms with E-state index in [1.54, 1.807) is 0 Å². The van der Waals surface area contributed by atoms with Gasteiger partial charge in [0.25, 0.3) is 0 Å². The van der Waals surface area contributed by atoms with Crippen LogP contribution in [0.2, 0.25) is 0 Å². The molecule has 0 amide bonds. The lowest BCUT2D eigenvalue weighted by Crippen LogP contribution is -2.07. The molecule has 1 unspecified atom stereocenters. The molecule has 5 heteroatoms. The van der Waals surface area contributed by atoms with Gasteiger partial charge >= 0.3 is 0 Å². The van der Waals surface area contributed by atoms with Crippen molar-refractivity contribution in [1.82, 2.24) is 9.97 Å². The van der Waals surface area contributed by atoms with Crippen molar-refractivity contribution in [3.05, 3.63) is 15.1 Å². The van der Waals surface area contributed by atoms with E-state index in [1.807, 2.05) is 18.8 Å². The zero-order valence-corrected chi connectivity index (χ0v) is 14.1. The van der Waals surface area contributed by atoms with Gasteiger partial charge in [-0.1, -0.05) is 13.8 Å². The van der Waals surface area contributed by atoms with Crippen LogP contribution in [-0.4, -0.2) is 22.3 Å². The fraction of sp³-hybridized carbons (Fsp3) is 0.692. The van der Waals surface area contributed by atoms with Gasteiger partial charge in [0.05, 0.1) is 15.0 Å². The van der Waals surface area contributed by atoms with Gasteiger partial charge in [-0.3, -0.25) is 0 Å². The molecule has 2 rings (SSSR count). The average molecular weight is 377 g/mol. The number of halogens is 1. The van der Waals surface area contributed by atoms with Gasteiger partial charge in [0, 0.05) is 18.2 Å². The fourth-order valence-corrected chi connectivity index (χ4v) is 3.45. The van der Waals surface area contributed by atoms with Gasteiger partial charge < -0.3 is 5.32 Å². The molecule has 0 aliphatic heterocycles. The lowest BCUT2D eigenvalue weighted by Gasteiger charge is -2.12. The van der Waals surface area contributed by atoms with Crippen molar-refractivity contribution < 1.29 is 0 Å². The first-order valence-corrected chi connectivity index (χ1v) is 8.64. The SMILES string of the molecule is CCC(C)SCc1nc(NC)c(I)c(C2CC2)n1. The molecule has 3 nitrogen and oxygen atoms in total. The topological polar surface area (TPSA) is 37.8 Å². The smallest absolute Gasteiger partial charge is 0.143 e. The summed E-state index contributed by atoms with van der Waals surface area (Å²) in [6.45, 7) is 4.49. The van der Waals surface area contributed by atoms with Crippen molar-refractivity contribution in [1.29, 1.82) is 0 Å². The highest BCUT2D eigenvalue weighted by Gasteiger charge is 2.29. The van der Waals surface area contributed by atoms with Crippen molar-refractivity contribution in [2.45, 2.75) is 50.0 Å². The summed E-state index contributed by atoms with van der Waals surface area (Å²) < 4.78 is 1.20. The Morgan fingerprint density at radius 3 is 2.72 bits per heavy atom. The number of rotatable bonds is 6. The molecule has 100 valence electrons. The number of thioether (sulfide) groups is 1. The van der Waals surface area contributed by atoms with Gasteiger partial charge in [0.1, 0.15) is 11.6 Å². The normalized spacial score (nSPS) is 16.7. The first kappa shape index (κ1) is 14.4. The van der Waals surface area contributed by atoms with Crippen molar-refractivity contribution >= 4 is 40.2 Å². The van der Waals surface area contributed by atoms with Crippen molar-refractivity contribution in [2.24, 2.45) is 0 Å². The van der Waals surface area contributed by atoms with Crippen molar-refractivity contribution in [3.63, 3.8) is 0 Å². The van der Waals surface area contributed by atoms with E-state index >= 15 is 0 Å². The van der Waals surface area contributed by atoms with Crippen LogP contribution in [0.3, 0.4) is 0 Å². The maximum Gasteiger partial charge on any atom is 0.143 e. The van der Waals surface area contributed by atoms with Gasteiger partial charge in [-0.25, -0.2) is 9.97 Å². The molecule has 1 fully saturated rings. The molecule has 1 aromatic rings. The quantitative estimate of drug-likeness (QED) is 0.760. The standard InChI is InChI=1S/C13H20IN3S/c1-4-8(2)18-7-10-16-12(9-5-6-9)11(14)13(15-3)17-10/h8-9H,4-7H2,1-3H3,(H,15,16,17). The molecule has 1 atom stereocenters. The van der Waals surface area contributed by atoms with E-state index in [4.69, 9.17) is 4.98 Å². The summed E-state index contributed by atoms with van der Waals surface area (Å²) in [5, 5.41) is 3.87. The molecule has 1 aliphatic rings. The number of nitrogens with zero attached hydrogens (tertiary/aromatic N) is 2. The van der Waals surface area contributed by atoms with Crippen LogP contribution >= 0.6 is 34.4 Å². The Hall–Kier alpha value is -0.0400. The van der Waals surface area contributed by atoms with E-state index in [1.165, 1.54) is 28.5 Å². The summed E-state index contributed by atoms with van der Waals surface area (Å²) >= 11 is 4.31. The third-order valence-electron chi connectivity index (χ3n) is 3.20. The van der Waals surface area contributed by atoms with E-state index in [-0.39, 0.29) is 0 Å². The minimum Gasteiger partial charge on any atom is -0.372 e. The largest absolute Gasteiger partial charge is 0.372 e. The number of nitrogens with one attached hydrogen (secondary N) is 1. The van der Waals surface area contributed by atoms with Crippen LogP contribution < -0.4 is 5.32 Å². The van der Waals surface area contributed by atoms with E-state index < -0.39 is 0 Å². The van der Waals surface area contributed by atoms with Crippen molar-refractivity contribution in [2.75, 3.05) is 12.4 Å². The summed E-state index contributed by atoms with van der Waals surface area (Å²) in [4.78, 5) is 9.39. The lowest BCUT2D eigenvalue weighted by molar-refractivity contribution is 0.891. The Kier molecular flexibility index (Phi) is 5.12. The molecule has 0 radical (unpaired) electrons. The van der Waals surface area contributed by atoms with Gasteiger partial charge in [-0.2, -0.15) is 11.8 Å². The van der Waals surface area contributed by atoms with Gasteiger partial charge in [0.2, 0.25) is 0 Å². The molecule has 0 spiro atoms. The monoisotopic (exact) mass is 377 g/mol. The van der Waals surface area contributed by atoms with Crippen LogP contribution in [0.4, 0.5) is 5.82 Å². The summed E-state index contributed by atoms with van der Waals surface area (Å²) in [7, 11) is 1.94. The van der Waals surface area contributed by atoms with Crippen LogP contribution in [0.25, 0.3) is 0 Å². The van der Waals surface area contributed by atoms with Crippen LogP contribution in [-0.2, 0) is 5.75 Å². The number of hydrogen-bond acceptors (Lipinski definition) is 4.